The van der Waals surface area contributed by atoms with Gasteiger partial charge in [0, 0.05) is 41.0 Å². The largest absolute Gasteiger partial charge is 0.324 e. The summed E-state index contributed by atoms with van der Waals surface area (Å²) in [5.41, 5.74) is 5.53. The van der Waals surface area contributed by atoms with Crippen LogP contribution >= 0.6 is 0 Å². The summed E-state index contributed by atoms with van der Waals surface area (Å²) < 4.78 is 16.2. The minimum absolute atomic E-state index is 0.294. The first kappa shape index (κ1) is 25.1. The van der Waals surface area contributed by atoms with Crippen LogP contribution in [0.15, 0.2) is 40.9 Å². The molecule has 1 aliphatic carbocycles. The number of rotatable bonds is 7. The van der Waals surface area contributed by atoms with E-state index in [0.29, 0.717) is 29.0 Å². The molecular weight excluding hydrogens is 484 g/mol. The second-order valence-corrected chi connectivity index (χ2v) is 12.8. The molecule has 0 spiro atoms. The zero-order valence-corrected chi connectivity index (χ0v) is 22.3. The number of fused-ring (bicyclic) bond motifs is 1. The number of hydrogen-bond acceptors (Lipinski definition) is 9. The maximum absolute atomic E-state index is 12.1. The van der Waals surface area contributed by atoms with Gasteiger partial charge in [-0.1, -0.05) is 25.3 Å². The lowest BCUT2D eigenvalue weighted by atomic mass is 9.78. The molecule has 10 heteroatoms. The van der Waals surface area contributed by atoms with Crippen LogP contribution in [0.25, 0.3) is 0 Å². The van der Waals surface area contributed by atoms with Crippen LogP contribution < -0.4 is 10.6 Å². The number of anilines is 4. The third-order valence-electron chi connectivity index (χ3n) is 6.81. The third kappa shape index (κ3) is 6.24. The molecule has 0 unspecified atom stereocenters. The lowest BCUT2D eigenvalue weighted by molar-refractivity contribution is 0.302. The van der Waals surface area contributed by atoms with Crippen LogP contribution in [0.5, 0.6) is 0 Å². The molecule has 192 valence electrons. The minimum atomic E-state index is -2.35. The van der Waals surface area contributed by atoms with Crippen LogP contribution in [0.1, 0.15) is 41.5 Å². The van der Waals surface area contributed by atoms with Gasteiger partial charge in [-0.05, 0) is 66.8 Å². The first-order chi connectivity index (χ1) is 17.8. The van der Waals surface area contributed by atoms with Gasteiger partial charge >= 0.3 is 0 Å². The summed E-state index contributed by atoms with van der Waals surface area (Å²) >= 11 is 0. The normalized spacial score (nSPS) is 15.8. The highest BCUT2D eigenvalue weighted by Gasteiger charge is 2.23. The molecule has 2 aromatic heterocycles. The lowest BCUT2D eigenvalue weighted by Gasteiger charge is -2.31. The maximum atomic E-state index is 12.1. The molecule has 2 aliphatic rings. The molecule has 5 rings (SSSR count). The van der Waals surface area contributed by atoms with E-state index in [2.05, 4.69) is 60.1 Å². The molecule has 3 heterocycles. The molecule has 0 bridgehead atoms. The van der Waals surface area contributed by atoms with Crippen LogP contribution in [-0.2, 0) is 29.1 Å². The molecule has 0 saturated heterocycles. The molecule has 0 radical (unpaired) electrons. The van der Waals surface area contributed by atoms with Gasteiger partial charge in [0.05, 0.1) is 6.20 Å². The summed E-state index contributed by atoms with van der Waals surface area (Å²) in [7, 11) is -0.188. The summed E-state index contributed by atoms with van der Waals surface area (Å²) in [5, 5.41) is 16.1. The van der Waals surface area contributed by atoms with Gasteiger partial charge in [0.15, 0.2) is 11.6 Å². The second kappa shape index (κ2) is 10.4. The van der Waals surface area contributed by atoms with E-state index in [1.165, 1.54) is 42.1 Å². The van der Waals surface area contributed by atoms with E-state index in [0.717, 1.165) is 37.5 Å². The Bertz CT molecular complexity index is 1480. The van der Waals surface area contributed by atoms with Crippen molar-refractivity contribution >= 4 is 38.8 Å². The first-order valence-electron chi connectivity index (χ1n) is 12.5. The fourth-order valence-electron chi connectivity index (χ4n) is 4.83. The summed E-state index contributed by atoms with van der Waals surface area (Å²) in [6.07, 6.45) is 10.8. The van der Waals surface area contributed by atoms with E-state index < -0.39 is 9.73 Å². The molecule has 1 aliphatic heterocycles. The highest BCUT2D eigenvalue weighted by molar-refractivity contribution is 7.92. The molecule has 3 aromatic rings. The van der Waals surface area contributed by atoms with E-state index in [-0.39, 0.29) is 0 Å². The van der Waals surface area contributed by atoms with Crippen molar-refractivity contribution in [3.05, 3.63) is 58.8 Å². The number of nitrogens with zero attached hydrogens (tertiary/aromatic N) is 6. The standard InChI is InChI=1S/C27H32N8OS/c1-35-11-10-23-19(12-18-6-4-7-18)13-22(14-20(23)17-35)30-27-29-16-21(15-28)26(33-27)32-24-8-5-9-25(31-24)34-37(2,3)36/h5,8-9,13-14,16,18H,4,6-7,10-12,17H2,1-3H3,(H2,29,30,31,32,33). The molecule has 37 heavy (non-hydrogen) atoms. The molecule has 1 aromatic carbocycles. The summed E-state index contributed by atoms with van der Waals surface area (Å²) in [6, 6.07) is 11.8. The van der Waals surface area contributed by atoms with Crippen LogP contribution in [0, 0.1) is 17.2 Å². The predicted molar refractivity (Wildman–Crippen MR) is 147 cm³/mol. The number of hydrogen-bond donors (Lipinski definition) is 2. The van der Waals surface area contributed by atoms with Gasteiger partial charge in [-0.25, -0.2) is 14.2 Å². The van der Waals surface area contributed by atoms with Crippen molar-refractivity contribution in [1.29, 1.82) is 5.26 Å². The number of likely N-dealkylation sites (N-methyl/N-ethyl adjacent to an activating group) is 1. The van der Waals surface area contributed by atoms with Gasteiger partial charge in [0.2, 0.25) is 5.95 Å². The second-order valence-electron chi connectivity index (χ2n) is 10.2. The van der Waals surface area contributed by atoms with Gasteiger partial charge in [-0.3, -0.25) is 0 Å². The van der Waals surface area contributed by atoms with Gasteiger partial charge in [-0.2, -0.15) is 14.6 Å². The van der Waals surface area contributed by atoms with E-state index in [9.17, 15) is 9.47 Å². The Balaban J connectivity index is 1.43. The van der Waals surface area contributed by atoms with Crippen LogP contribution in [0.3, 0.4) is 0 Å². The zero-order chi connectivity index (χ0) is 26.0. The van der Waals surface area contributed by atoms with Crippen molar-refractivity contribution in [2.45, 2.75) is 38.6 Å². The van der Waals surface area contributed by atoms with Crippen LogP contribution in [0.2, 0.25) is 0 Å². The lowest BCUT2D eigenvalue weighted by Crippen LogP contribution is -2.28. The number of benzene rings is 1. The van der Waals surface area contributed by atoms with Crippen molar-refractivity contribution in [3.8, 4) is 6.07 Å². The van der Waals surface area contributed by atoms with E-state index in [4.69, 9.17) is 0 Å². The maximum Gasteiger partial charge on any atom is 0.229 e. The summed E-state index contributed by atoms with van der Waals surface area (Å²) in [4.78, 5) is 15.7. The van der Waals surface area contributed by atoms with Gasteiger partial charge in [0.1, 0.15) is 17.5 Å². The Hall–Kier alpha value is -3.55. The average molecular weight is 517 g/mol. The molecule has 0 atom stereocenters. The average Bonchev–Trinajstić information content (AvgIpc) is 2.80. The topological polar surface area (TPSA) is 119 Å². The van der Waals surface area contributed by atoms with Crippen molar-refractivity contribution in [2.24, 2.45) is 10.3 Å². The number of aromatic nitrogens is 3. The van der Waals surface area contributed by atoms with Crippen LogP contribution in [0.4, 0.5) is 29.1 Å². The Labute approximate surface area is 218 Å². The minimum Gasteiger partial charge on any atom is -0.324 e. The summed E-state index contributed by atoms with van der Waals surface area (Å²) in [5.74, 6) is 2.32. The predicted octanol–water partition coefficient (Wildman–Crippen LogP) is 4.92. The number of nitriles is 1. The van der Waals surface area contributed by atoms with Gasteiger partial charge in [0.25, 0.3) is 0 Å². The van der Waals surface area contributed by atoms with Crippen LogP contribution in [-0.4, -0.2) is 50.2 Å². The Kier molecular flexibility index (Phi) is 7.09. The number of nitrogens with one attached hydrogen (secondary N) is 2. The van der Waals surface area contributed by atoms with Crippen molar-refractivity contribution in [3.63, 3.8) is 0 Å². The van der Waals surface area contributed by atoms with Crippen molar-refractivity contribution in [1.82, 2.24) is 19.9 Å². The third-order valence-corrected chi connectivity index (χ3v) is 7.44. The van der Waals surface area contributed by atoms with Crippen molar-refractivity contribution < 1.29 is 4.21 Å². The fourth-order valence-corrected chi connectivity index (χ4v) is 5.39. The zero-order valence-electron chi connectivity index (χ0n) is 21.5. The molecule has 9 nitrogen and oxygen atoms in total. The quantitative estimate of drug-likeness (QED) is 0.454. The monoisotopic (exact) mass is 516 g/mol. The van der Waals surface area contributed by atoms with Crippen molar-refractivity contribution in [2.75, 3.05) is 36.7 Å². The Morgan fingerprint density at radius 2 is 2.05 bits per heavy atom. The molecule has 1 saturated carbocycles. The van der Waals surface area contributed by atoms with E-state index in [1.807, 2.05) is 0 Å². The molecule has 0 amide bonds. The highest BCUT2D eigenvalue weighted by atomic mass is 32.2. The Morgan fingerprint density at radius 3 is 2.78 bits per heavy atom. The van der Waals surface area contributed by atoms with E-state index >= 15 is 0 Å². The van der Waals surface area contributed by atoms with Gasteiger partial charge in [-0.15, -0.1) is 0 Å². The van der Waals surface area contributed by atoms with Gasteiger partial charge < -0.3 is 15.5 Å². The number of pyridine rings is 1. The highest BCUT2D eigenvalue weighted by Crippen LogP contribution is 2.35. The molecule has 1 fully saturated rings. The molecular formula is C27H32N8OS. The molecule has 2 N–H and O–H groups in total. The SMILES string of the molecule is CN1CCc2c(CC3CCC3)cc(Nc3ncc(C#N)c(Nc4cccc(N=S(C)(C)=O)n4)n3)cc2C1. The van der Waals surface area contributed by atoms with E-state index in [1.54, 1.807) is 30.7 Å². The Morgan fingerprint density at radius 1 is 1.22 bits per heavy atom. The smallest absolute Gasteiger partial charge is 0.229 e. The summed E-state index contributed by atoms with van der Waals surface area (Å²) in [6.45, 7) is 2.01. The first-order valence-corrected chi connectivity index (χ1v) is 14.9. The fraction of sp³-hybridized carbons (Fsp3) is 0.407.